The van der Waals surface area contributed by atoms with E-state index in [1.165, 1.54) is 42.6 Å². The maximum Gasteiger partial charge on any atom is 0.245 e. The van der Waals surface area contributed by atoms with E-state index in [4.69, 9.17) is 11.6 Å². The summed E-state index contributed by atoms with van der Waals surface area (Å²) < 4.78 is 41.2. The van der Waals surface area contributed by atoms with E-state index in [1.807, 2.05) is 0 Å². The van der Waals surface area contributed by atoms with Gasteiger partial charge in [0.15, 0.2) is 17.6 Å². The Labute approximate surface area is 193 Å². The zero-order valence-corrected chi connectivity index (χ0v) is 18.3. The highest BCUT2D eigenvalue weighted by molar-refractivity contribution is 7.89. The number of fused-ring (bicyclic) bond motifs is 1. The minimum absolute atomic E-state index is 0.159. The van der Waals surface area contributed by atoms with Crippen LogP contribution in [0.25, 0.3) is 0 Å². The molecule has 0 saturated carbocycles. The molecule has 4 rings (SSSR count). The van der Waals surface area contributed by atoms with Gasteiger partial charge in [-0.25, -0.2) is 17.8 Å². The Morgan fingerprint density at radius 2 is 1.82 bits per heavy atom. The summed E-state index contributed by atoms with van der Waals surface area (Å²) in [7, 11) is -4.43. The third-order valence-electron chi connectivity index (χ3n) is 4.96. The molecule has 3 aromatic rings. The van der Waals surface area contributed by atoms with Crippen LogP contribution < -0.4 is 5.32 Å². The molecule has 1 amide bonds. The summed E-state index contributed by atoms with van der Waals surface area (Å²) in [6, 6.07) is 11.3. The largest absolute Gasteiger partial charge is 0.310 e. The number of anilines is 1. The Balaban J connectivity index is 1.77. The van der Waals surface area contributed by atoms with Crippen LogP contribution in [0.3, 0.4) is 0 Å². The number of nitrogens with one attached hydrogen (secondary N) is 1. The van der Waals surface area contributed by atoms with Crippen LogP contribution in [0.15, 0.2) is 71.8 Å². The number of carbonyl (C=O) groups is 3. The fourth-order valence-electron chi connectivity index (χ4n) is 3.43. The van der Waals surface area contributed by atoms with Crippen molar-refractivity contribution < 1.29 is 27.2 Å². The highest BCUT2D eigenvalue weighted by Gasteiger charge is 2.48. The topological polar surface area (TPSA) is 114 Å². The van der Waals surface area contributed by atoms with Gasteiger partial charge >= 0.3 is 0 Å². The van der Waals surface area contributed by atoms with Crippen molar-refractivity contribution in [2.75, 3.05) is 11.9 Å². The molecule has 11 heteroatoms. The molecule has 0 radical (unpaired) electrons. The van der Waals surface area contributed by atoms with Crippen LogP contribution in [0.2, 0.25) is 5.02 Å². The molecule has 168 valence electrons. The number of hydrogen-bond acceptors (Lipinski definition) is 6. The van der Waals surface area contributed by atoms with E-state index >= 15 is 0 Å². The number of aromatic nitrogens is 1. The summed E-state index contributed by atoms with van der Waals surface area (Å²) in [6.07, 6.45) is 1.43. The van der Waals surface area contributed by atoms with Crippen LogP contribution in [0.5, 0.6) is 0 Å². The first-order valence-corrected chi connectivity index (χ1v) is 11.4. The normalized spacial score (nSPS) is 17.3. The third-order valence-corrected chi connectivity index (χ3v) is 7.14. The van der Waals surface area contributed by atoms with Gasteiger partial charge in [0.25, 0.3) is 0 Å². The fraction of sp³-hybridized carbons (Fsp3) is 0.0909. The molecule has 2 aromatic carbocycles. The van der Waals surface area contributed by atoms with Crippen LogP contribution in [-0.4, -0.2) is 47.8 Å². The molecule has 33 heavy (non-hydrogen) atoms. The summed E-state index contributed by atoms with van der Waals surface area (Å²) in [5.41, 5.74) is -0.452. The highest BCUT2D eigenvalue weighted by Crippen LogP contribution is 2.32. The Morgan fingerprint density at radius 3 is 2.52 bits per heavy atom. The smallest absolute Gasteiger partial charge is 0.245 e. The monoisotopic (exact) mass is 487 g/mol. The zero-order valence-electron chi connectivity index (χ0n) is 16.7. The van der Waals surface area contributed by atoms with Gasteiger partial charge in [-0.3, -0.25) is 14.4 Å². The Kier molecular flexibility index (Phi) is 6.07. The first-order valence-electron chi connectivity index (χ1n) is 9.55. The molecule has 1 aliphatic heterocycles. The molecule has 1 atom stereocenters. The lowest BCUT2D eigenvalue weighted by atomic mass is 9.95. The fourth-order valence-corrected chi connectivity index (χ4v) is 5.26. The van der Waals surface area contributed by atoms with Gasteiger partial charge in [0, 0.05) is 17.3 Å². The molecule has 1 N–H and O–H groups in total. The average Bonchev–Trinajstić information content (AvgIpc) is 2.80. The van der Waals surface area contributed by atoms with E-state index in [1.54, 1.807) is 12.1 Å². The molecular weight excluding hydrogens is 473 g/mol. The van der Waals surface area contributed by atoms with Crippen molar-refractivity contribution in [1.29, 1.82) is 0 Å². The van der Waals surface area contributed by atoms with Crippen molar-refractivity contribution in [3.63, 3.8) is 0 Å². The predicted octanol–water partition coefficient (Wildman–Crippen LogP) is 2.95. The van der Waals surface area contributed by atoms with Crippen molar-refractivity contribution in [1.82, 2.24) is 9.29 Å². The SMILES string of the molecule is O=C(CN1C(C(=O)c2ccc(Cl)c(F)c2)C(=O)c2ccccc2S1(=O)=O)Nc1ccccn1. The summed E-state index contributed by atoms with van der Waals surface area (Å²) in [6.45, 7) is -0.842. The first kappa shape index (κ1) is 22.7. The number of halogens is 2. The van der Waals surface area contributed by atoms with Crippen LogP contribution in [0.1, 0.15) is 20.7 Å². The van der Waals surface area contributed by atoms with Crippen LogP contribution in [-0.2, 0) is 14.8 Å². The van der Waals surface area contributed by atoms with Gasteiger partial charge in [0.05, 0.1) is 16.5 Å². The minimum atomic E-state index is -4.43. The van der Waals surface area contributed by atoms with E-state index in [0.717, 1.165) is 12.1 Å². The summed E-state index contributed by atoms with van der Waals surface area (Å²) in [5.74, 6) is -3.38. The van der Waals surface area contributed by atoms with Gasteiger partial charge in [-0.05, 0) is 42.5 Å². The second-order valence-electron chi connectivity index (χ2n) is 7.07. The third kappa shape index (κ3) is 4.28. The van der Waals surface area contributed by atoms with Gasteiger partial charge in [-0.2, -0.15) is 4.31 Å². The molecule has 0 saturated heterocycles. The molecule has 2 heterocycles. The lowest BCUT2D eigenvalue weighted by Gasteiger charge is -2.33. The summed E-state index contributed by atoms with van der Waals surface area (Å²) in [4.78, 5) is 42.7. The van der Waals surface area contributed by atoms with Crippen molar-refractivity contribution in [3.05, 3.63) is 88.8 Å². The van der Waals surface area contributed by atoms with E-state index in [-0.39, 0.29) is 26.9 Å². The molecule has 1 aliphatic rings. The number of nitrogens with zero attached hydrogens (tertiary/aromatic N) is 2. The number of sulfonamides is 1. The predicted molar refractivity (Wildman–Crippen MR) is 117 cm³/mol. The average molecular weight is 488 g/mol. The van der Waals surface area contributed by atoms with Gasteiger partial charge in [0.2, 0.25) is 15.9 Å². The quantitative estimate of drug-likeness (QED) is 0.437. The maximum atomic E-state index is 14.0. The number of amides is 1. The van der Waals surface area contributed by atoms with Gasteiger partial charge in [-0.15, -0.1) is 0 Å². The lowest BCUT2D eigenvalue weighted by molar-refractivity contribution is -0.116. The van der Waals surface area contributed by atoms with Crippen molar-refractivity contribution in [2.24, 2.45) is 0 Å². The zero-order chi connectivity index (χ0) is 23.8. The number of rotatable bonds is 5. The molecule has 1 unspecified atom stereocenters. The number of carbonyl (C=O) groups excluding carboxylic acids is 3. The molecular formula is C22H15ClFN3O5S. The molecule has 1 aromatic heterocycles. The summed E-state index contributed by atoms with van der Waals surface area (Å²) >= 11 is 5.67. The second-order valence-corrected chi connectivity index (χ2v) is 9.34. The standard InChI is InChI=1S/C22H15ClFN3O5S/c23-15-9-8-13(11-16(15)24)21(29)20-22(30)14-5-1-2-6-17(14)33(31,32)27(20)12-19(28)26-18-7-3-4-10-25-18/h1-11,20H,12H2,(H,25,26,28). The molecule has 8 nitrogen and oxygen atoms in total. The minimum Gasteiger partial charge on any atom is -0.310 e. The van der Waals surface area contributed by atoms with Gasteiger partial charge in [0.1, 0.15) is 11.6 Å². The van der Waals surface area contributed by atoms with E-state index in [2.05, 4.69) is 10.3 Å². The van der Waals surface area contributed by atoms with Crippen LogP contribution in [0.4, 0.5) is 10.2 Å². The van der Waals surface area contributed by atoms with Gasteiger partial charge in [-0.1, -0.05) is 29.8 Å². The van der Waals surface area contributed by atoms with Crippen molar-refractivity contribution in [2.45, 2.75) is 10.9 Å². The molecule has 0 bridgehead atoms. The molecule has 0 fully saturated rings. The van der Waals surface area contributed by atoms with Crippen LogP contribution in [0, 0.1) is 5.82 Å². The number of ketones is 2. The number of hydrogen-bond donors (Lipinski definition) is 1. The maximum absolute atomic E-state index is 14.0. The Morgan fingerprint density at radius 1 is 1.09 bits per heavy atom. The first-order chi connectivity index (χ1) is 15.7. The molecule has 0 aliphatic carbocycles. The number of pyridine rings is 1. The molecule has 0 spiro atoms. The summed E-state index contributed by atoms with van der Waals surface area (Å²) in [5, 5.41) is 2.18. The lowest BCUT2D eigenvalue weighted by Crippen LogP contribution is -2.55. The Hall–Kier alpha value is -3.47. The Bertz CT molecular complexity index is 1380. The van der Waals surface area contributed by atoms with Crippen molar-refractivity contribution in [3.8, 4) is 0 Å². The van der Waals surface area contributed by atoms with Crippen LogP contribution >= 0.6 is 11.6 Å². The van der Waals surface area contributed by atoms with Gasteiger partial charge < -0.3 is 5.32 Å². The highest BCUT2D eigenvalue weighted by atomic mass is 35.5. The van der Waals surface area contributed by atoms with E-state index in [9.17, 15) is 27.2 Å². The number of benzene rings is 2. The number of Topliss-reactive ketones (excluding diaryl/α,β-unsaturated/α-hetero) is 2. The van der Waals surface area contributed by atoms with E-state index in [0.29, 0.717) is 4.31 Å². The van der Waals surface area contributed by atoms with E-state index < -0.39 is 45.9 Å². The van der Waals surface area contributed by atoms with Crippen molar-refractivity contribution >= 4 is 44.9 Å². The second kappa shape index (κ2) is 8.81.